The van der Waals surface area contributed by atoms with Gasteiger partial charge in [0.05, 0.1) is 24.7 Å². The Morgan fingerprint density at radius 3 is 1.82 bits per heavy atom. The molecule has 382 valence electrons. The van der Waals surface area contributed by atoms with Gasteiger partial charge in [-0.05, 0) is 109 Å². The standard InChI is InChI=1S/C48H76O19/c1-43(2)14-16-48(42(61)67-40-34(57)31(54)29(52)24(20-50)63-40)17-15-46(6)21(22(48)18-43)8-9-26-45(5)12-11-27(44(3,4)25(45)10-13-47(26,46)7)64-41-35(58)32(55)36(37(66-41)38(59)60)65-39-33(56)30(53)28(51)23(19-49)62-39/h8,22-37,39-41,49-58H,9-20H2,1-7H3,(H,59,60)/t22-,23-,24-,25+,26-,27+,28+,29-,30+,31+,32-,33+,34-,35+,36-,37+,39+,40+,41-,45+,46-,47-,48+/m1/s1. The molecule has 0 unspecified atom stereocenters. The first-order valence-electron chi connectivity index (χ1n) is 24.3. The van der Waals surface area contributed by atoms with Crippen LogP contribution < -0.4 is 0 Å². The Bertz CT molecular complexity index is 1870. The van der Waals surface area contributed by atoms with Crippen molar-refractivity contribution >= 4 is 11.9 Å². The molecule has 3 aliphatic heterocycles. The van der Waals surface area contributed by atoms with Gasteiger partial charge in [-0.15, -0.1) is 0 Å². The number of fused-ring (bicyclic) bond motifs is 7. The van der Waals surface area contributed by atoms with Crippen molar-refractivity contribution in [1.29, 1.82) is 0 Å². The summed E-state index contributed by atoms with van der Waals surface area (Å²) in [6.45, 7) is 14.4. The number of carbonyl (C=O) groups excluding carboxylic acids is 1. The first-order valence-corrected chi connectivity index (χ1v) is 24.3. The molecule has 8 aliphatic rings. The lowest BCUT2D eigenvalue weighted by Gasteiger charge is -2.71. The predicted octanol–water partition coefficient (Wildman–Crippen LogP) is 0.233. The molecule has 11 N–H and O–H groups in total. The molecule has 0 aromatic carbocycles. The highest BCUT2D eigenvalue weighted by Crippen LogP contribution is 2.76. The van der Waals surface area contributed by atoms with E-state index in [9.17, 15) is 65.8 Å². The van der Waals surface area contributed by atoms with Crippen molar-refractivity contribution < 1.29 is 94.2 Å². The van der Waals surface area contributed by atoms with E-state index in [0.717, 1.165) is 38.5 Å². The van der Waals surface area contributed by atoms with Gasteiger partial charge in [-0.1, -0.05) is 60.1 Å². The molecule has 3 saturated heterocycles. The molecule has 3 heterocycles. The number of allylic oxidation sites excluding steroid dienone is 2. The molecule has 23 atom stereocenters. The van der Waals surface area contributed by atoms with Gasteiger partial charge in [-0.2, -0.15) is 0 Å². The van der Waals surface area contributed by atoms with Crippen LogP contribution in [0.4, 0.5) is 0 Å². The minimum Gasteiger partial charge on any atom is -0.479 e. The zero-order valence-corrected chi connectivity index (χ0v) is 39.7. The number of aliphatic hydroxyl groups excluding tert-OH is 10. The Labute approximate surface area is 391 Å². The molecule has 67 heavy (non-hydrogen) atoms. The van der Waals surface area contributed by atoms with Crippen molar-refractivity contribution in [3.8, 4) is 0 Å². The van der Waals surface area contributed by atoms with Crippen molar-refractivity contribution in [2.24, 2.45) is 50.2 Å². The number of rotatable bonds is 9. The molecule has 0 aromatic heterocycles. The van der Waals surface area contributed by atoms with E-state index in [1.165, 1.54) is 5.57 Å². The van der Waals surface area contributed by atoms with E-state index in [-0.39, 0.29) is 39.4 Å². The Kier molecular flexibility index (Phi) is 13.8. The van der Waals surface area contributed by atoms with Crippen molar-refractivity contribution in [3.05, 3.63) is 11.6 Å². The van der Waals surface area contributed by atoms with Gasteiger partial charge < -0.3 is 84.6 Å². The SMILES string of the molecule is CC1(C)CC[C@]2(C(=O)O[C@@H]3O[C@H](CO)[C@@H](O)[C@H](O)[C@H]3O)CC[C@]3(C)C(=CC[C@@H]4[C@@]5(C)CC[C@H](O[C@@H]6O[C@H](C(=O)O)[C@H](O[C@@H]7O[C@H](CO)[C@H](O)[C@H](O)[C@@H]7O)[C@H](O)[C@@H]6O)C(C)(C)[C@@H]5CC[C@]43C)[C@H]2C1. The van der Waals surface area contributed by atoms with E-state index in [1.807, 2.05) is 0 Å². The quantitative estimate of drug-likeness (QED) is 0.0838. The van der Waals surface area contributed by atoms with Gasteiger partial charge in [0, 0.05) is 0 Å². The maximum absolute atomic E-state index is 14.7. The van der Waals surface area contributed by atoms with E-state index in [0.29, 0.717) is 25.7 Å². The van der Waals surface area contributed by atoms with E-state index in [1.54, 1.807) is 0 Å². The second-order valence-electron chi connectivity index (χ2n) is 23.5. The summed E-state index contributed by atoms with van der Waals surface area (Å²) in [5, 5.41) is 115. The predicted molar refractivity (Wildman–Crippen MR) is 231 cm³/mol. The third-order valence-electron chi connectivity index (χ3n) is 19.3. The monoisotopic (exact) mass is 956 g/mol. The van der Waals surface area contributed by atoms with Gasteiger partial charge in [-0.25, -0.2) is 4.79 Å². The zero-order valence-electron chi connectivity index (χ0n) is 39.7. The lowest BCUT2D eigenvalue weighted by molar-refractivity contribution is -0.363. The third-order valence-corrected chi connectivity index (χ3v) is 19.3. The topological polar surface area (TPSA) is 312 Å². The van der Waals surface area contributed by atoms with E-state index < -0.39 is 134 Å². The lowest BCUT2D eigenvalue weighted by Crippen LogP contribution is -2.67. The Balaban J connectivity index is 1.01. The molecule has 0 bridgehead atoms. The Morgan fingerprint density at radius 1 is 0.642 bits per heavy atom. The summed E-state index contributed by atoms with van der Waals surface area (Å²) in [6.07, 6.45) is -16.3. The first kappa shape index (κ1) is 51.4. The average Bonchev–Trinajstić information content (AvgIpc) is 3.26. The van der Waals surface area contributed by atoms with Crippen molar-refractivity contribution in [2.75, 3.05) is 13.2 Å². The molecule has 7 fully saturated rings. The number of carbonyl (C=O) groups is 2. The molecule has 0 amide bonds. The minimum atomic E-state index is -1.91. The highest BCUT2D eigenvalue weighted by atomic mass is 16.7. The fourth-order valence-electron chi connectivity index (χ4n) is 15.0. The van der Waals surface area contributed by atoms with Gasteiger partial charge in [0.25, 0.3) is 0 Å². The molecular weight excluding hydrogens is 881 g/mol. The molecule has 8 rings (SSSR count). The molecule has 4 saturated carbocycles. The fourth-order valence-corrected chi connectivity index (χ4v) is 15.0. The van der Waals surface area contributed by atoms with Crippen LogP contribution in [0.1, 0.15) is 113 Å². The van der Waals surface area contributed by atoms with Crippen LogP contribution in [0.15, 0.2) is 11.6 Å². The summed E-state index contributed by atoms with van der Waals surface area (Å²) < 4.78 is 35.0. The fraction of sp³-hybridized carbons (Fsp3) is 0.917. The molecule has 19 nitrogen and oxygen atoms in total. The van der Waals surface area contributed by atoms with Crippen LogP contribution in [0.5, 0.6) is 0 Å². The molecule has 0 radical (unpaired) electrons. The van der Waals surface area contributed by atoms with Crippen LogP contribution in [0.2, 0.25) is 0 Å². The number of esters is 1. The summed E-state index contributed by atoms with van der Waals surface area (Å²) in [5.74, 6) is -1.88. The normalized spacial score (nSPS) is 52.6. The molecule has 5 aliphatic carbocycles. The largest absolute Gasteiger partial charge is 0.479 e. The number of carboxylic acid groups (broad SMARTS) is 1. The molecule has 19 heteroatoms. The summed E-state index contributed by atoms with van der Waals surface area (Å²) in [5.41, 5.74) is -0.914. The summed E-state index contributed by atoms with van der Waals surface area (Å²) in [7, 11) is 0. The van der Waals surface area contributed by atoms with E-state index in [4.69, 9.17) is 28.4 Å². The van der Waals surface area contributed by atoms with Gasteiger partial charge >= 0.3 is 11.9 Å². The number of hydrogen-bond acceptors (Lipinski definition) is 18. The maximum atomic E-state index is 14.7. The average molecular weight is 957 g/mol. The van der Waals surface area contributed by atoms with Crippen LogP contribution >= 0.6 is 0 Å². The van der Waals surface area contributed by atoms with Crippen molar-refractivity contribution in [2.45, 2.75) is 211 Å². The van der Waals surface area contributed by atoms with Crippen LogP contribution in [-0.2, 0) is 38.0 Å². The van der Waals surface area contributed by atoms with Crippen molar-refractivity contribution in [3.63, 3.8) is 0 Å². The van der Waals surface area contributed by atoms with E-state index in [2.05, 4.69) is 54.5 Å². The van der Waals surface area contributed by atoms with Gasteiger partial charge in [0.15, 0.2) is 18.7 Å². The molecule has 0 aromatic rings. The number of hydrogen-bond donors (Lipinski definition) is 11. The summed E-state index contributed by atoms with van der Waals surface area (Å²) in [4.78, 5) is 27.3. The van der Waals surface area contributed by atoms with Crippen LogP contribution in [0.25, 0.3) is 0 Å². The smallest absolute Gasteiger partial charge is 0.335 e. The molecular formula is C48H76O19. The van der Waals surface area contributed by atoms with E-state index >= 15 is 0 Å². The van der Waals surface area contributed by atoms with Crippen LogP contribution in [0.3, 0.4) is 0 Å². The summed E-state index contributed by atoms with van der Waals surface area (Å²) in [6, 6.07) is 0. The van der Waals surface area contributed by atoms with Gasteiger partial charge in [-0.3, -0.25) is 4.79 Å². The Hall–Kier alpha value is -1.92. The number of ether oxygens (including phenoxy) is 6. The van der Waals surface area contributed by atoms with Crippen molar-refractivity contribution in [1.82, 2.24) is 0 Å². The number of aliphatic carboxylic acids is 1. The molecule has 0 spiro atoms. The minimum absolute atomic E-state index is 0.0745. The van der Waals surface area contributed by atoms with Gasteiger partial charge in [0.1, 0.15) is 67.1 Å². The second kappa shape index (κ2) is 18.0. The maximum Gasteiger partial charge on any atom is 0.335 e. The number of aliphatic hydroxyl groups is 10. The summed E-state index contributed by atoms with van der Waals surface area (Å²) >= 11 is 0. The zero-order chi connectivity index (χ0) is 49.1. The van der Waals surface area contributed by atoms with Crippen LogP contribution in [0, 0.1) is 50.2 Å². The van der Waals surface area contributed by atoms with Gasteiger partial charge in [0.2, 0.25) is 6.29 Å². The third kappa shape index (κ3) is 8.06. The lowest BCUT2D eigenvalue weighted by atomic mass is 9.33. The highest BCUT2D eigenvalue weighted by molar-refractivity contribution is 5.79. The van der Waals surface area contributed by atoms with Crippen LogP contribution in [-0.4, -0.2) is 180 Å². The highest BCUT2D eigenvalue weighted by Gasteiger charge is 2.70. The Morgan fingerprint density at radius 2 is 1.21 bits per heavy atom. The first-order chi connectivity index (χ1) is 31.2. The second-order valence-corrected chi connectivity index (χ2v) is 23.5. The number of carboxylic acids is 1.